The molecule has 1 aliphatic rings. The molecule has 1 atom stereocenters. The number of sulfonamides is 1. The quantitative estimate of drug-likeness (QED) is 0.736. The van der Waals surface area contributed by atoms with Gasteiger partial charge in [0.05, 0.1) is 4.90 Å². The number of thioether (sulfide) groups is 1. The number of para-hydroxylation sites is 1. The first-order valence-corrected chi connectivity index (χ1v) is 11.8. The molecule has 2 amide bonds. The Bertz CT molecular complexity index is 1100. The molecule has 2 aromatic rings. The van der Waals surface area contributed by atoms with Crippen molar-refractivity contribution in [2.75, 3.05) is 11.9 Å². The van der Waals surface area contributed by atoms with Crippen LogP contribution >= 0.6 is 11.8 Å². The fraction of sp³-hybridized carbons (Fsp3) is 0.286. The van der Waals surface area contributed by atoms with Gasteiger partial charge >= 0.3 is 0 Å². The van der Waals surface area contributed by atoms with Gasteiger partial charge in [-0.05, 0) is 44.5 Å². The van der Waals surface area contributed by atoms with Gasteiger partial charge in [-0.2, -0.15) is 8.42 Å². The van der Waals surface area contributed by atoms with Crippen LogP contribution in [0.2, 0.25) is 0 Å². The molecule has 0 aliphatic carbocycles. The highest BCUT2D eigenvalue weighted by Gasteiger charge is 2.39. The number of hydrogen-bond acceptors (Lipinski definition) is 5. The van der Waals surface area contributed by atoms with Crippen molar-refractivity contribution in [1.82, 2.24) is 4.90 Å². The molecule has 0 saturated carbocycles. The molecule has 1 heterocycles. The Balaban J connectivity index is 1.77. The predicted molar refractivity (Wildman–Crippen MR) is 119 cm³/mol. The molecular formula is C21H23N3O4S2. The Kier molecular flexibility index (Phi) is 6.62. The van der Waals surface area contributed by atoms with E-state index in [1.165, 1.54) is 17.0 Å². The molecule has 0 aromatic heterocycles. The normalized spacial score (nSPS) is 18.1. The predicted octanol–water partition coefficient (Wildman–Crippen LogP) is 3.34. The van der Waals surface area contributed by atoms with Crippen molar-refractivity contribution in [2.45, 2.75) is 37.3 Å². The van der Waals surface area contributed by atoms with Crippen LogP contribution in [0.3, 0.4) is 0 Å². The van der Waals surface area contributed by atoms with E-state index in [1.54, 1.807) is 25.1 Å². The molecule has 1 fully saturated rings. The van der Waals surface area contributed by atoms with E-state index in [4.69, 9.17) is 0 Å². The van der Waals surface area contributed by atoms with Crippen LogP contribution in [0.25, 0.3) is 0 Å². The number of carbonyl (C=O) groups is 2. The zero-order valence-electron chi connectivity index (χ0n) is 17.0. The van der Waals surface area contributed by atoms with Crippen LogP contribution in [0.5, 0.6) is 0 Å². The number of benzene rings is 2. The van der Waals surface area contributed by atoms with E-state index in [0.29, 0.717) is 5.69 Å². The van der Waals surface area contributed by atoms with E-state index in [2.05, 4.69) is 9.71 Å². The van der Waals surface area contributed by atoms with Crippen LogP contribution < -0.4 is 5.32 Å². The second-order valence-corrected chi connectivity index (χ2v) is 9.69. The summed E-state index contributed by atoms with van der Waals surface area (Å²) in [5.41, 5.74) is 2.53. The lowest BCUT2D eigenvalue weighted by Gasteiger charge is -2.13. The van der Waals surface area contributed by atoms with Crippen molar-refractivity contribution >= 4 is 44.5 Å². The van der Waals surface area contributed by atoms with Crippen LogP contribution in [-0.2, 0) is 19.6 Å². The maximum atomic E-state index is 12.7. The van der Waals surface area contributed by atoms with Gasteiger partial charge in [0.2, 0.25) is 11.8 Å². The van der Waals surface area contributed by atoms with Crippen LogP contribution in [0.4, 0.5) is 5.69 Å². The molecule has 2 aromatic carbocycles. The van der Waals surface area contributed by atoms with E-state index in [1.807, 2.05) is 32.0 Å². The minimum atomic E-state index is -3.96. The molecular weight excluding hydrogens is 422 g/mol. The van der Waals surface area contributed by atoms with Gasteiger partial charge in [0.1, 0.15) is 5.25 Å². The van der Waals surface area contributed by atoms with Crippen molar-refractivity contribution in [1.29, 1.82) is 0 Å². The van der Waals surface area contributed by atoms with E-state index >= 15 is 0 Å². The van der Waals surface area contributed by atoms with Gasteiger partial charge in [0.25, 0.3) is 10.0 Å². The fourth-order valence-electron chi connectivity index (χ4n) is 2.95. The topological polar surface area (TPSA) is 95.9 Å². The molecule has 7 nitrogen and oxygen atoms in total. The average Bonchev–Trinajstić information content (AvgIpc) is 2.97. The zero-order chi connectivity index (χ0) is 21.9. The van der Waals surface area contributed by atoms with E-state index in [0.717, 1.165) is 22.9 Å². The zero-order valence-corrected chi connectivity index (χ0v) is 18.6. The molecule has 1 aliphatic heterocycles. The maximum Gasteiger partial charge on any atom is 0.284 e. The van der Waals surface area contributed by atoms with Crippen molar-refractivity contribution in [3.63, 3.8) is 0 Å². The summed E-state index contributed by atoms with van der Waals surface area (Å²) in [7, 11) is -3.96. The number of amides is 2. The summed E-state index contributed by atoms with van der Waals surface area (Å²) in [6.45, 7) is 5.75. The first-order chi connectivity index (χ1) is 14.2. The summed E-state index contributed by atoms with van der Waals surface area (Å²) >= 11 is 1.01. The largest absolute Gasteiger partial charge is 0.326 e. The van der Waals surface area contributed by atoms with E-state index in [-0.39, 0.29) is 34.8 Å². The first kappa shape index (κ1) is 22.0. The van der Waals surface area contributed by atoms with Crippen LogP contribution in [0, 0.1) is 13.8 Å². The molecule has 0 spiro atoms. The van der Waals surface area contributed by atoms with Crippen LogP contribution in [0.1, 0.15) is 24.5 Å². The molecule has 1 saturated heterocycles. The lowest BCUT2D eigenvalue weighted by Crippen LogP contribution is -2.33. The fourth-order valence-corrected chi connectivity index (χ4v) is 5.37. The summed E-state index contributed by atoms with van der Waals surface area (Å²) in [6.07, 6.45) is -0.0715. The van der Waals surface area contributed by atoms with Gasteiger partial charge in [-0.1, -0.05) is 47.7 Å². The SMILES string of the molecule is CCN1C(=O)C(CC(=O)Nc2ccccc2C)SC1=NS(=O)(=O)c1ccc(C)cc1. The number of carbonyl (C=O) groups excluding carboxylic acids is 2. The van der Waals surface area contributed by atoms with E-state index < -0.39 is 15.3 Å². The number of aryl methyl sites for hydroxylation is 2. The second-order valence-electron chi connectivity index (χ2n) is 6.92. The highest BCUT2D eigenvalue weighted by atomic mass is 32.2. The van der Waals surface area contributed by atoms with Gasteiger partial charge in [0, 0.05) is 18.7 Å². The highest BCUT2D eigenvalue weighted by Crippen LogP contribution is 2.31. The standard InChI is InChI=1S/C21H23N3O4S2/c1-4-24-20(26)18(13-19(25)22-17-8-6-5-7-15(17)3)29-21(24)23-30(27,28)16-11-9-14(2)10-12-16/h5-12,18H,4,13H2,1-3H3,(H,22,25). The molecule has 158 valence electrons. The molecule has 0 radical (unpaired) electrons. The third kappa shape index (κ3) is 4.91. The number of nitrogens with one attached hydrogen (secondary N) is 1. The number of anilines is 1. The number of amidine groups is 1. The van der Waals surface area contributed by atoms with Gasteiger partial charge in [0.15, 0.2) is 5.17 Å². The number of nitrogens with zero attached hydrogens (tertiary/aromatic N) is 2. The van der Waals surface area contributed by atoms with Gasteiger partial charge in [-0.25, -0.2) is 0 Å². The Hall–Kier alpha value is -2.65. The van der Waals surface area contributed by atoms with Crippen molar-refractivity contribution < 1.29 is 18.0 Å². The summed E-state index contributed by atoms with van der Waals surface area (Å²) in [6, 6.07) is 13.7. The summed E-state index contributed by atoms with van der Waals surface area (Å²) in [4.78, 5) is 26.5. The van der Waals surface area contributed by atoms with Crippen LogP contribution in [-0.4, -0.2) is 42.1 Å². The van der Waals surface area contributed by atoms with Crippen molar-refractivity contribution in [3.8, 4) is 0 Å². The smallest absolute Gasteiger partial charge is 0.284 e. The Labute approximate surface area is 180 Å². The maximum absolute atomic E-state index is 12.7. The molecule has 3 rings (SSSR count). The molecule has 30 heavy (non-hydrogen) atoms. The monoisotopic (exact) mass is 445 g/mol. The number of rotatable bonds is 6. The second kappa shape index (κ2) is 9.01. The van der Waals surface area contributed by atoms with Crippen molar-refractivity contribution in [3.05, 3.63) is 59.7 Å². The lowest BCUT2D eigenvalue weighted by atomic mass is 10.2. The molecule has 1 unspecified atom stereocenters. The van der Waals surface area contributed by atoms with Gasteiger partial charge in [-0.3, -0.25) is 14.5 Å². The third-order valence-electron chi connectivity index (χ3n) is 4.64. The Morgan fingerprint density at radius 3 is 2.43 bits per heavy atom. The Morgan fingerprint density at radius 1 is 1.13 bits per heavy atom. The minimum absolute atomic E-state index is 0.0606. The summed E-state index contributed by atoms with van der Waals surface area (Å²) < 4.78 is 29.2. The summed E-state index contributed by atoms with van der Waals surface area (Å²) in [5.74, 6) is -0.630. The van der Waals surface area contributed by atoms with Crippen molar-refractivity contribution in [2.24, 2.45) is 4.40 Å². The highest BCUT2D eigenvalue weighted by molar-refractivity contribution is 8.16. The third-order valence-corrected chi connectivity index (χ3v) is 7.22. The average molecular weight is 446 g/mol. The Morgan fingerprint density at radius 2 is 1.80 bits per heavy atom. The first-order valence-electron chi connectivity index (χ1n) is 9.46. The van der Waals surface area contributed by atoms with Gasteiger partial charge < -0.3 is 5.32 Å². The molecule has 1 N–H and O–H groups in total. The lowest BCUT2D eigenvalue weighted by molar-refractivity contribution is -0.128. The summed E-state index contributed by atoms with van der Waals surface area (Å²) in [5, 5.41) is 2.18. The van der Waals surface area contributed by atoms with E-state index in [9.17, 15) is 18.0 Å². The molecule has 0 bridgehead atoms. The molecule has 9 heteroatoms. The van der Waals surface area contributed by atoms with Crippen LogP contribution in [0.15, 0.2) is 57.8 Å². The number of hydrogen-bond donors (Lipinski definition) is 1. The minimum Gasteiger partial charge on any atom is -0.326 e. The van der Waals surface area contributed by atoms with Gasteiger partial charge in [-0.15, -0.1) is 4.40 Å².